The van der Waals surface area contributed by atoms with Gasteiger partial charge in [0.15, 0.2) is 0 Å². The second-order valence-electron chi connectivity index (χ2n) is 6.69. The number of thioether (sulfide) groups is 2. The van der Waals surface area contributed by atoms with Crippen LogP contribution in [0.4, 0.5) is 0 Å². The summed E-state index contributed by atoms with van der Waals surface area (Å²) in [6, 6.07) is 25.1. The first-order valence-electron chi connectivity index (χ1n) is 9.19. The first-order valence-corrected chi connectivity index (χ1v) is 11.6. The largest absolute Gasteiger partial charge is 0.384 e. The van der Waals surface area contributed by atoms with Crippen molar-refractivity contribution in [3.05, 3.63) is 101 Å². The van der Waals surface area contributed by atoms with Crippen molar-refractivity contribution >= 4 is 40.7 Å². The maximum atomic E-state index is 11.1. The van der Waals surface area contributed by atoms with Gasteiger partial charge in [-0.1, -0.05) is 48.5 Å². The summed E-state index contributed by atoms with van der Waals surface area (Å²) >= 11 is 3.45. The van der Waals surface area contributed by atoms with E-state index in [-0.39, 0.29) is 0 Å². The van der Waals surface area contributed by atoms with E-state index in [0.717, 1.165) is 22.3 Å². The highest BCUT2D eigenvalue weighted by molar-refractivity contribution is 7.98. The first kappa shape index (κ1) is 19.1. The van der Waals surface area contributed by atoms with Crippen LogP contribution in [0.5, 0.6) is 0 Å². The average molecular weight is 403 g/mol. The zero-order chi connectivity index (χ0) is 19.5. The Morgan fingerprint density at radius 2 is 1.32 bits per heavy atom. The smallest absolute Gasteiger partial charge is 0.105 e. The summed E-state index contributed by atoms with van der Waals surface area (Å²) in [6.45, 7) is 0. The molecule has 0 aliphatic heterocycles. The summed E-state index contributed by atoms with van der Waals surface area (Å²) in [6.07, 6.45) is 7.83. The molecule has 1 nitrogen and oxygen atoms in total. The van der Waals surface area contributed by atoms with Crippen molar-refractivity contribution in [3.8, 4) is 0 Å². The Hall–Kier alpha value is -2.20. The van der Waals surface area contributed by atoms with E-state index in [1.807, 2.05) is 18.2 Å². The minimum atomic E-state index is -0.637. The number of rotatable bonds is 5. The van der Waals surface area contributed by atoms with Gasteiger partial charge >= 0.3 is 0 Å². The van der Waals surface area contributed by atoms with Gasteiger partial charge in [-0.25, -0.2) is 0 Å². The standard InChI is InChI=1S/C25H22OS2/c1-27-20-11-7-17(8-12-20)15-19-16-24(23-6-4-3-5-22(19)23)25(26)18-9-13-21(28-2)14-10-18/h3-16,25-26H,1-2H3/b19-15+. The molecule has 1 aliphatic rings. The Balaban J connectivity index is 1.72. The summed E-state index contributed by atoms with van der Waals surface area (Å²) < 4.78 is 0. The van der Waals surface area contributed by atoms with Crippen molar-refractivity contribution in [3.63, 3.8) is 0 Å². The van der Waals surface area contributed by atoms with Crippen LogP contribution in [0.25, 0.3) is 17.2 Å². The maximum absolute atomic E-state index is 11.1. The van der Waals surface area contributed by atoms with Gasteiger partial charge in [0, 0.05) is 9.79 Å². The van der Waals surface area contributed by atoms with Crippen LogP contribution in [-0.4, -0.2) is 17.6 Å². The Bertz CT molecular complexity index is 1030. The Morgan fingerprint density at radius 3 is 1.93 bits per heavy atom. The van der Waals surface area contributed by atoms with Gasteiger partial charge in [0.2, 0.25) is 0 Å². The number of hydrogen-bond acceptors (Lipinski definition) is 3. The molecule has 1 atom stereocenters. The molecule has 0 radical (unpaired) electrons. The number of aliphatic hydroxyl groups is 1. The Morgan fingerprint density at radius 1 is 0.750 bits per heavy atom. The van der Waals surface area contributed by atoms with E-state index in [4.69, 9.17) is 0 Å². The third-order valence-corrected chi connectivity index (χ3v) is 6.51. The lowest BCUT2D eigenvalue weighted by atomic mass is 9.96. The van der Waals surface area contributed by atoms with Gasteiger partial charge < -0.3 is 5.11 Å². The lowest BCUT2D eigenvalue weighted by Gasteiger charge is -2.14. The average Bonchev–Trinajstić information content (AvgIpc) is 3.12. The number of benzene rings is 3. The van der Waals surface area contributed by atoms with E-state index < -0.39 is 6.10 Å². The van der Waals surface area contributed by atoms with E-state index in [9.17, 15) is 5.11 Å². The third-order valence-electron chi connectivity index (χ3n) is 5.02. The molecule has 3 heteroatoms. The molecule has 0 spiro atoms. The maximum Gasteiger partial charge on any atom is 0.105 e. The van der Waals surface area contributed by atoms with Gasteiger partial charge in [-0.2, -0.15) is 0 Å². The van der Waals surface area contributed by atoms with Crippen LogP contribution in [0.2, 0.25) is 0 Å². The Labute approximate surface area is 175 Å². The SMILES string of the molecule is CSc1ccc(/C=C2\C=C(C(O)c3ccc(SC)cc3)c3ccccc32)cc1. The molecule has 1 aliphatic carbocycles. The molecule has 1 unspecified atom stereocenters. The molecular formula is C25H22OS2. The fourth-order valence-corrected chi connectivity index (χ4v) is 4.32. The summed E-state index contributed by atoms with van der Waals surface area (Å²) in [5.41, 5.74) is 6.47. The monoisotopic (exact) mass is 402 g/mol. The van der Waals surface area contributed by atoms with Gasteiger partial charge in [0.05, 0.1) is 0 Å². The summed E-state index contributed by atoms with van der Waals surface area (Å²) in [5.74, 6) is 0. The molecule has 0 saturated carbocycles. The normalized spacial score (nSPS) is 15.4. The van der Waals surface area contributed by atoms with E-state index in [1.54, 1.807) is 23.5 Å². The van der Waals surface area contributed by atoms with Crippen molar-refractivity contribution in [1.82, 2.24) is 0 Å². The fourth-order valence-electron chi connectivity index (χ4n) is 3.50. The van der Waals surface area contributed by atoms with Crippen LogP contribution in [0.1, 0.15) is 28.4 Å². The minimum Gasteiger partial charge on any atom is -0.384 e. The van der Waals surface area contributed by atoms with Gasteiger partial charge in [-0.05, 0) is 82.3 Å². The molecule has 140 valence electrons. The van der Waals surface area contributed by atoms with E-state index in [0.29, 0.717) is 0 Å². The van der Waals surface area contributed by atoms with E-state index >= 15 is 0 Å². The number of aliphatic hydroxyl groups excluding tert-OH is 1. The molecule has 0 bridgehead atoms. The predicted octanol–water partition coefficient (Wildman–Crippen LogP) is 6.80. The van der Waals surface area contributed by atoms with E-state index in [2.05, 4.69) is 79.3 Å². The van der Waals surface area contributed by atoms with Gasteiger partial charge in [0.1, 0.15) is 6.10 Å². The van der Waals surface area contributed by atoms with Crippen molar-refractivity contribution in [2.75, 3.05) is 12.5 Å². The number of hydrogen-bond donors (Lipinski definition) is 1. The predicted molar refractivity (Wildman–Crippen MR) is 124 cm³/mol. The van der Waals surface area contributed by atoms with Gasteiger partial charge in [-0.3, -0.25) is 0 Å². The highest BCUT2D eigenvalue weighted by atomic mass is 32.2. The van der Waals surface area contributed by atoms with Crippen molar-refractivity contribution in [2.45, 2.75) is 15.9 Å². The lowest BCUT2D eigenvalue weighted by molar-refractivity contribution is 0.238. The third kappa shape index (κ3) is 3.83. The highest BCUT2D eigenvalue weighted by Gasteiger charge is 2.24. The summed E-state index contributed by atoms with van der Waals surface area (Å²) in [5, 5.41) is 11.1. The molecule has 0 saturated heterocycles. The van der Waals surface area contributed by atoms with Crippen molar-refractivity contribution in [1.29, 1.82) is 0 Å². The molecule has 4 rings (SSSR count). The van der Waals surface area contributed by atoms with E-state index in [1.165, 1.54) is 20.9 Å². The molecule has 0 fully saturated rings. The summed E-state index contributed by atoms with van der Waals surface area (Å²) in [4.78, 5) is 2.46. The second-order valence-corrected chi connectivity index (χ2v) is 8.45. The van der Waals surface area contributed by atoms with Crippen LogP contribution < -0.4 is 0 Å². The molecular weight excluding hydrogens is 380 g/mol. The van der Waals surface area contributed by atoms with Crippen LogP contribution in [0, 0.1) is 0 Å². The van der Waals surface area contributed by atoms with Crippen LogP contribution >= 0.6 is 23.5 Å². The van der Waals surface area contributed by atoms with Gasteiger partial charge in [0.25, 0.3) is 0 Å². The summed E-state index contributed by atoms with van der Waals surface area (Å²) in [7, 11) is 0. The highest BCUT2D eigenvalue weighted by Crippen LogP contribution is 2.42. The number of allylic oxidation sites excluding steroid dienone is 2. The minimum absolute atomic E-state index is 0.637. The van der Waals surface area contributed by atoms with Crippen LogP contribution in [0.3, 0.4) is 0 Å². The van der Waals surface area contributed by atoms with Crippen LogP contribution in [0.15, 0.2) is 88.7 Å². The second kappa shape index (κ2) is 8.44. The molecule has 0 aromatic heterocycles. The lowest BCUT2D eigenvalue weighted by Crippen LogP contribution is -1.99. The molecule has 3 aromatic carbocycles. The molecule has 3 aromatic rings. The van der Waals surface area contributed by atoms with Gasteiger partial charge in [-0.15, -0.1) is 23.5 Å². The first-order chi connectivity index (χ1) is 13.7. The zero-order valence-electron chi connectivity index (χ0n) is 15.9. The Kier molecular flexibility index (Phi) is 5.77. The zero-order valence-corrected chi connectivity index (χ0v) is 17.6. The van der Waals surface area contributed by atoms with Crippen molar-refractivity contribution in [2.24, 2.45) is 0 Å². The quantitative estimate of drug-likeness (QED) is 0.474. The van der Waals surface area contributed by atoms with Crippen molar-refractivity contribution < 1.29 is 5.11 Å². The molecule has 0 amide bonds. The topological polar surface area (TPSA) is 20.2 Å². The molecule has 1 N–H and O–H groups in total. The molecule has 0 heterocycles. The fraction of sp³-hybridized carbons (Fsp3) is 0.120. The number of fused-ring (bicyclic) bond motifs is 1. The molecule has 28 heavy (non-hydrogen) atoms. The van der Waals surface area contributed by atoms with Crippen LogP contribution in [-0.2, 0) is 0 Å².